The normalized spacial score (nSPS) is 10.6. The van der Waals surface area contributed by atoms with Crippen molar-refractivity contribution in [2.24, 2.45) is 7.05 Å². The van der Waals surface area contributed by atoms with Gasteiger partial charge in [-0.3, -0.25) is 4.68 Å². The highest BCUT2D eigenvalue weighted by molar-refractivity contribution is 9.10. The van der Waals surface area contributed by atoms with Crippen LogP contribution in [0.25, 0.3) is 0 Å². The fraction of sp³-hybridized carbons (Fsp3) is 0.364. The van der Waals surface area contributed by atoms with Gasteiger partial charge in [0.25, 0.3) is 0 Å². The molecule has 17 heavy (non-hydrogen) atoms. The molecule has 6 heteroatoms. The summed E-state index contributed by atoms with van der Waals surface area (Å²) < 4.78 is 7.69. The fourth-order valence-electron chi connectivity index (χ4n) is 1.61. The lowest BCUT2D eigenvalue weighted by Gasteiger charge is -2.04. The number of rotatable bonds is 3. The first-order valence-corrected chi connectivity index (χ1v) is 5.94. The summed E-state index contributed by atoms with van der Waals surface area (Å²) in [7, 11) is 3.49. The molecule has 0 bridgehead atoms. The SMILES string of the molecule is COc1nc(Cc2cn(C)nc2C)ncc1Br. The lowest BCUT2D eigenvalue weighted by atomic mass is 10.2. The van der Waals surface area contributed by atoms with Gasteiger partial charge in [0.1, 0.15) is 5.82 Å². The van der Waals surface area contributed by atoms with E-state index in [2.05, 4.69) is 31.0 Å². The van der Waals surface area contributed by atoms with Crippen LogP contribution in [0.2, 0.25) is 0 Å². The van der Waals surface area contributed by atoms with Gasteiger partial charge in [-0.2, -0.15) is 10.1 Å². The third-order valence-electron chi connectivity index (χ3n) is 2.42. The van der Waals surface area contributed by atoms with E-state index in [9.17, 15) is 0 Å². The molecule has 0 saturated carbocycles. The quantitative estimate of drug-likeness (QED) is 0.868. The molecule has 90 valence electrons. The van der Waals surface area contributed by atoms with Crippen molar-refractivity contribution in [2.45, 2.75) is 13.3 Å². The molecule has 5 nitrogen and oxygen atoms in total. The van der Waals surface area contributed by atoms with Gasteiger partial charge in [-0.05, 0) is 22.9 Å². The Hall–Kier alpha value is -1.43. The summed E-state index contributed by atoms with van der Waals surface area (Å²) in [6.07, 6.45) is 4.34. The maximum absolute atomic E-state index is 5.14. The van der Waals surface area contributed by atoms with Crippen LogP contribution >= 0.6 is 15.9 Å². The van der Waals surface area contributed by atoms with E-state index in [4.69, 9.17) is 4.74 Å². The maximum Gasteiger partial charge on any atom is 0.231 e. The van der Waals surface area contributed by atoms with Gasteiger partial charge in [-0.25, -0.2) is 4.98 Å². The van der Waals surface area contributed by atoms with Crippen molar-refractivity contribution < 1.29 is 4.74 Å². The number of aryl methyl sites for hydroxylation is 2. The first-order valence-electron chi connectivity index (χ1n) is 5.14. The lowest BCUT2D eigenvalue weighted by molar-refractivity contribution is 0.392. The Morgan fingerprint density at radius 3 is 2.82 bits per heavy atom. The van der Waals surface area contributed by atoms with Gasteiger partial charge in [0, 0.05) is 31.4 Å². The number of hydrogen-bond donors (Lipinski definition) is 0. The highest BCUT2D eigenvalue weighted by atomic mass is 79.9. The van der Waals surface area contributed by atoms with E-state index in [-0.39, 0.29) is 0 Å². The molecule has 0 aliphatic rings. The topological polar surface area (TPSA) is 52.8 Å². The molecule has 2 heterocycles. The summed E-state index contributed by atoms with van der Waals surface area (Å²) >= 11 is 3.33. The van der Waals surface area contributed by atoms with E-state index >= 15 is 0 Å². The van der Waals surface area contributed by atoms with Gasteiger partial charge in [-0.15, -0.1) is 0 Å². The molecule has 0 spiro atoms. The number of hydrogen-bond acceptors (Lipinski definition) is 4. The van der Waals surface area contributed by atoms with Crippen molar-refractivity contribution >= 4 is 15.9 Å². The Balaban J connectivity index is 2.27. The number of methoxy groups -OCH3 is 1. The van der Waals surface area contributed by atoms with Crippen LogP contribution in [0.3, 0.4) is 0 Å². The third-order valence-corrected chi connectivity index (χ3v) is 2.96. The standard InChI is InChI=1S/C11H13BrN4O/c1-7-8(6-16(2)15-7)4-10-13-5-9(12)11(14-10)17-3/h5-6H,4H2,1-3H3. The molecule has 2 rings (SSSR count). The number of nitrogens with zero attached hydrogens (tertiary/aromatic N) is 4. The van der Waals surface area contributed by atoms with Crippen LogP contribution < -0.4 is 4.74 Å². The second kappa shape index (κ2) is 4.83. The Morgan fingerprint density at radius 2 is 2.24 bits per heavy atom. The minimum atomic E-state index is 0.552. The van der Waals surface area contributed by atoms with Crippen LogP contribution in [-0.4, -0.2) is 26.9 Å². The van der Waals surface area contributed by atoms with E-state index in [1.807, 2.05) is 20.2 Å². The average Bonchev–Trinajstić information content (AvgIpc) is 2.60. The predicted octanol–water partition coefficient (Wildman–Crippen LogP) is 1.88. The van der Waals surface area contributed by atoms with Crippen molar-refractivity contribution in [3.8, 4) is 5.88 Å². The summed E-state index contributed by atoms with van der Waals surface area (Å²) in [4.78, 5) is 8.58. The summed E-state index contributed by atoms with van der Waals surface area (Å²) in [5, 5.41) is 4.29. The van der Waals surface area contributed by atoms with Crippen LogP contribution in [0.15, 0.2) is 16.9 Å². The van der Waals surface area contributed by atoms with Crippen LogP contribution in [0.5, 0.6) is 5.88 Å². The fourth-order valence-corrected chi connectivity index (χ4v) is 1.96. The number of halogens is 1. The molecule has 0 unspecified atom stereocenters. The van der Waals surface area contributed by atoms with Gasteiger partial charge in [0.2, 0.25) is 5.88 Å². The monoisotopic (exact) mass is 296 g/mol. The Labute approximate surface area is 108 Å². The Bertz CT molecular complexity index is 538. The van der Waals surface area contributed by atoms with E-state index in [1.165, 1.54) is 0 Å². The van der Waals surface area contributed by atoms with Crippen LogP contribution in [0.4, 0.5) is 0 Å². The summed E-state index contributed by atoms with van der Waals surface area (Å²) in [5.74, 6) is 1.28. The Kier molecular flexibility index (Phi) is 3.42. The molecule has 0 aliphatic heterocycles. The largest absolute Gasteiger partial charge is 0.480 e. The van der Waals surface area contributed by atoms with E-state index in [1.54, 1.807) is 18.0 Å². The predicted molar refractivity (Wildman–Crippen MR) is 67.0 cm³/mol. The van der Waals surface area contributed by atoms with Gasteiger partial charge in [-0.1, -0.05) is 0 Å². The molecule has 0 N–H and O–H groups in total. The molecule has 0 atom stereocenters. The minimum absolute atomic E-state index is 0.552. The number of ether oxygens (including phenoxy) is 1. The Morgan fingerprint density at radius 1 is 1.47 bits per heavy atom. The second-order valence-electron chi connectivity index (χ2n) is 3.73. The van der Waals surface area contributed by atoms with Crippen molar-refractivity contribution in [1.29, 1.82) is 0 Å². The summed E-state index contributed by atoms with van der Waals surface area (Å²) in [6.45, 7) is 1.98. The molecule has 0 radical (unpaired) electrons. The van der Waals surface area contributed by atoms with Crippen LogP contribution in [0, 0.1) is 6.92 Å². The molecular formula is C11H13BrN4O. The molecule has 2 aromatic heterocycles. The zero-order chi connectivity index (χ0) is 12.4. The van der Waals surface area contributed by atoms with Crippen molar-refractivity contribution in [2.75, 3.05) is 7.11 Å². The first-order chi connectivity index (χ1) is 8.10. The second-order valence-corrected chi connectivity index (χ2v) is 4.59. The summed E-state index contributed by atoms with van der Waals surface area (Å²) in [6, 6.07) is 0. The van der Waals surface area contributed by atoms with Gasteiger partial charge < -0.3 is 4.74 Å². The van der Waals surface area contributed by atoms with Crippen LogP contribution in [-0.2, 0) is 13.5 Å². The van der Waals surface area contributed by atoms with Crippen LogP contribution in [0.1, 0.15) is 17.1 Å². The molecular weight excluding hydrogens is 284 g/mol. The van der Waals surface area contributed by atoms with E-state index < -0.39 is 0 Å². The van der Waals surface area contributed by atoms with Gasteiger partial charge in [0.05, 0.1) is 17.3 Å². The maximum atomic E-state index is 5.14. The minimum Gasteiger partial charge on any atom is -0.480 e. The number of aromatic nitrogens is 4. The molecule has 0 amide bonds. The molecule has 0 saturated heterocycles. The molecule has 0 fully saturated rings. The van der Waals surface area contributed by atoms with E-state index in [0.29, 0.717) is 12.3 Å². The van der Waals surface area contributed by atoms with Crippen molar-refractivity contribution in [3.63, 3.8) is 0 Å². The van der Waals surface area contributed by atoms with Crippen molar-refractivity contribution in [3.05, 3.63) is 33.9 Å². The lowest BCUT2D eigenvalue weighted by Crippen LogP contribution is -1.99. The molecule has 0 aromatic carbocycles. The highest BCUT2D eigenvalue weighted by Gasteiger charge is 2.09. The zero-order valence-corrected chi connectivity index (χ0v) is 11.5. The van der Waals surface area contributed by atoms with Gasteiger partial charge in [0.15, 0.2) is 0 Å². The molecule has 2 aromatic rings. The summed E-state index contributed by atoms with van der Waals surface area (Å²) in [5.41, 5.74) is 2.12. The smallest absolute Gasteiger partial charge is 0.231 e. The average molecular weight is 297 g/mol. The van der Waals surface area contributed by atoms with Gasteiger partial charge >= 0.3 is 0 Å². The zero-order valence-electron chi connectivity index (χ0n) is 9.94. The first kappa shape index (κ1) is 12.0. The van der Waals surface area contributed by atoms with E-state index in [0.717, 1.165) is 21.6 Å². The molecule has 0 aliphatic carbocycles. The van der Waals surface area contributed by atoms with Crippen molar-refractivity contribution in [1.82, 2.24) is 19.7 Å². The third kappa shape index (κ3) is 2.63. The highest BCUT2D eigenvalue weighted by Crippen LogP contribution is 2.21.